The number of nitriles is 1. The van der Waals surface area contributed by atoms with Crippen LogP contribution in [0.15, 0.2) is 24.3 Å². The van der Waals surface area contributed by atoms with Gasteiger partial charge in [0.1, 0.15) is 12.4 Å². The van der Waals surface area contributed by atoms with Crippen LogP contribution in [0, 0.1) is 17.2 Å². The molecule has 1 aliphatic rings. The van der Waals surface area contributed by atoms with Gasteiger partial charge in [0, 0.05) is 13.0 Å². The van der Waals surface area contributed by atoms with Crippen LogP contribution in [0.4, 0.5) is 0 Å². The van der Waals surface area contributed by atoms with Crippen molar-refractivity contribution >= 4 is 5.91 Å². The van der Waals surface area contributed by atoms with Gasteiger partial charge in [0.25, 0.3) is 0 Å². The fourth-order valence-corrected chi connectivity index (χ4v) is 2.34. The Labute approximate surface area is 120 Å². The van der Waals surface area contributed by atoms with Gasteiger partial charge in [-0.05, 0) is 37.0 Å². The molecule has 0 aromatic heterocycles. The highest BCUT2D eigenvalue weighted by Gasteiger charge is 2.19. The first-order chi connectivity index (χ1) is 9.69. The van der Waals surface area contributed by atoms with Crippen LogP contribution in [0.25, 0.3) is 0 Å². The van der Waals surface area contributed by atoms with Crippen molar-refractivity contribution in [1.82, 2.24) is 4.90 Å². The summed E-state index contributed by atoms with van der Waals surface area (Å²) in [5, 5.41) is 8.82. The van der Waals surface area contributed by atoms with E-state index < -0.39 is 0 Å². The molecule has 106 valence electrons. The number of hydrogen-bond donors (Lipinski definition) is 0. The summed E-state index contributed by atoms with van der Waals surface area (Å²) in [5.74, 6) is 1.53. The number of carbonyl (C=O) groups is 1. The first kappa shape index (κ1) is 14.4. The molecule has 1 aromatic rings. The van der Waals surface area contributed by atoms with Crippen LogP contribution >= 0.6 is 0 Å². The van der Waals surface area contributed by atoms with Gasteiger partial charge in [0.15, 0.2) is 0 Å². The first-order valence-electron chi connectivity index (χ1n) is 7.10. The molecule has 1 aromatic carbocycles. The van der Waals surface area contributed by atoms with Gasteiger partial charge in [0.05, 0.1) is 18.2 Å². The van der Waals surface area contributed by atoms with Crippen LogP contribution in [-0.2, 0) is 4.79 Å². The fourth-order valence-electron chi connectivity index (χ4n) is 2.34. The first-order valence-corrected chi connectivity index (χ1v) is 7.10. The summed E-state index contributed by atoms with van der Waals surface area (Å²) in [5.41, 5.74) is 0.585. The summed E-state index contributed by atoms with van der Waals surface area (Å²) in [6.07, 6.45) is 2.70. The lowest BCUT2D eigenvalue weighted by atomic mass is 10.0. The normalized spacial score (nSPS) is 19.3. The molecule has 0 spiro atoms. The summed E-state index contributed by atoms with van der Waals surface area (Å²) in [6, 6.07) is 9.16. The number of carbonyl (C=O) groups excluding carboxylic acids is 1. The topological polar surface area (TPSA) is 53.3 Å². The summed E-state index contributed by atoms with van der Waals surface area (Å²) in [7, 11) is 0. The van der Waals surface area contributed by atoms with Crippen molar-refractivity contribution in [2.75, 3.05) is 19.7 Å². The van der Waals surface area contributed by atoms with Crippen molar-refractivity contribution in [1.29, 1.82) is 5.26 Å². The molecule has 4 nitrogen and oxygen atoms in total. The minimum absolute atomic E-state index is 0.226. The molecule has 0 bridgehead atoms. The minimum atomic E-state index is 0.226. The van der Waals surface area contributed by atoms with Gasteiger partial charge in [-0.2, -0.15) is 5.26 Å². The number of likely N-dealkylation sites (tertiary alicyclic amines) is 1. The molecule has 1 amide bonds. The summed E-state index contributed by atoms with van der Waals surface area (Å²) in [6.45, 7) is 4.10. The second kappa shape index (κ2) is 6.95. The molecule has 2 rings (SSSR count). The van der Waals surface area contributed by atoms with E-state index >= 15 is 0 Å². The maximum Gasteiger partial charge on any atom is 0.222 e. The number of amides is 1. The van der Waals surface area contributed by atoms with E-state index in [1.807, 2.05) is 11.0 Å². The van der Waals surface area contributed by atoms with E-state index in [0.29, 0.717) is 36.8 Å². The van der Waals surface area contributed by atoms with Crippen molar-refractivity contribution in [3.8, 4) is 11.8 Å². The minimum Gasteiger partial charge on any atom is -0.492 e. The SMILES string of the molecule is CC1CCC(=O)N(CCOc2cccc(C#N)c2)CC1. The van der Waals surface area contributed by atoms with E-state index in [4.69, 9.17) is 10.00 Å². The lowest BCUT2D eigenvalue weighted by molar-refractivity contribution is -0.131. The number of hydrogen-bond acceptors (Lipinski definition) is 3. The van der Waals surface area contributed by atoms with Crippen LogP contribution in [0.2, 0.25) is 0 Å². The summed E-state index contributed by atoms with van der Waals surface area (Å²) in [4.78, 5) is 13.8. The zero-order valence-corrected chi connectivity index (χ0v) is 11.8. The smallest absolute Gasteiger partial charge is 0.222 e. The van der Waals surface area contributed by atoms with E-state index in [1.54, 1.807) is 18.2 Å². The zero-order valence-electron chi connectivity index (χ0n) is 11.8. The molecule has 20 heavy (non-hydrogen) atoms. The quantitative estimate of drug-likeness (QED) is 0.846. The lowest BCUT2D eigenvalue weighted by Gasteiger charge is -2.20. The average Bonchev–Trinajstić information content (AvgIpc) is 2.63. The Morgan fingerprint density at radius 2 is 2.30 bits per heavy atom. The van der Waals surface area contributed by atoms with Gasteiger partial charge in [-0.1, -0.05) is 13.0 Å². The average molecular weight is 272 g/mol. The van der Waals surface area contributed by atoms with Crippen molar-refractivity contribution in [3.63, 3.8) is 0 Å². The standard InChI is InChI=1S/C16H20N2O2/c1-13-5-6-16(19)18(8-7-13)9-10-20-15-4-2-3-14(11-15)12-17/h2-4,11,13H,5-10H2,1H3. The molecule has 0 aliphatic carbocycles. The lowest BCUT2D eigenvalue weighted by Crippen LogP contribution is -2.34. The van der Waals surface area contributed by atoms with Gasteiger partial charge in [-0.25, -0.2) is 0 Å². The Kier molecular flexibility index (Phi) is 5.00. The van der Waals surface area contributed by atoms with Gasteiger partial charge in [0.2, 0.25) is 5.91 Å². The Bertz CT molecular complexity index is 507. The largest absolute Gasteiger partial charge is 0.492 e. The number of benzene rings is 1. The third-order valence-corrected chi connectivity index (χ3v) is 3.69. The molecule has 0 radical (unpaired) electrons. The van der Waals surface area contributed by atoms with E-state index in [2.05, 4.69) is 13.0 Å². The number of rotatable bonds is 4. The van der Waals surface area contributed by atoms with Crippen molar-refractivity contribution < 1.29 is 9.53 Å². The van der Waals surface area contributed by atoms with E-state index in [9.17, 15) is 4.79 Å². The van der Waals surface area contributed by atoms with Gasteiger partial charge in [-0.3, -0.25) is 4.79 Å². The Morgan fingerprint density at radius 3 is 3.10 bits per heavy atom. The predicted molar refractivity (Wildman–Crippen MR) is 76.2 cm³/mol. The van der Waals surface area contributed by atoms with Crippen LogP contribution in [0.3, 0.4) is 0 Å². The monoisotopic (exact) mass is 272 g/mol. The second-order valence-corrected chi connectivity index (χ2v) is 5.30. The molecule has 0 saturated carbocycles. The van der Waals surface area contributed by atoms with Crippen LogP contribution in [0.1, 0.15) is 31.7 Å². The van der Waals surface area contributed by atoms with Crippen molar-refractivity contribution in [2.24, 2.45) is 5.92 Å². The van der Waals surface area contributed by atoms with Crippen LogP contribution in [-0.4, -0.2) is 30.5 Å². The third-order valence-electron chi connectivity index (χ3n) is 3.69. The molecular formula is C16H20N2O2. The van der Waals surface area contributed by atoms with Gasteiger partial charge < -0.3 is 9.64 Å². The predicted octanol–water partition coefficient (Wildman–Crippen LogP) is 2.59. The molecule has 1 unspecified atom stereocenters. The van der Waals surface area contributed by atoms with Crippen LogP contribution < -0.4 is 4.74 Å². The number of nitrogens with zero attached hydrogens (tertiary/aromatic N) is 2. The zero-order chi connectivity index (χ0) is 14.4. The molecule has 4 heteroatoms. The molecule has 1 heterocycles. The molecule has 0 N–H and O–H groups in total. The molecular weight excluding hydrogens is 252 g/mol. The van der Waals surface area contributed by atoms with Crippen molar-refractivity contribution in [2.45, 2.75) is 26.2 Å². The molecule has 1 saturated heterocycles. The summed E-state index contributed by atoms with van der Waals surface area (Å²) >= 11 is 0. The molecule has 1 atom stereocenters. The Balaban J connectivity index is 1.82. The molecule has 1 aliphatic heterocycles. The highest BCUT2D eigenvalue weighted by Crippen LogP contribution is 2.17. The van der Waals surface area contributed by atoms with Gasteiger partial charge in [-0.15, -0.1) is 0 Å². The van der Waals surface area contributed by atoms with Crippen LogP contribution in [0.5, 0.6) is 5.75 Å². The highest BCUT2D eigenvalue weighted by molar-refractivity contribution is 5.76. The maximum absolute atomic E-state index is 11.9. The second-order valence-electron chi connectivity index (χ2n) is 5.30. The number of ether oxygens (including phenoxy) is 1. The molecule has 1 fully saturated rings. The van der Waals surface area contributed by atoms with E-state index in [0.717, 1.165) is 19.4 Å². The third kappa shape index (κ3) is 3.99. The van der Waals surface area contributed by atoms with E-state index in [1.165, 1.54) is 0 Å². The fraction of sp³-hybridized carbons (Fsp3) is 0.500. The Morgan fingerprint density at radius 1 is 1.45 bits per heavy atom. The van der Waals surface area contributed by atoms with Crippen molar-refractivity contribution in [3.05, 3.63) is 29.8 Å². The van der Waals surface area contributed by atoms with E-state index in [-0.39, 0.29) is 5.91 Å². The maximum atomic E-state index is 11.9. The highest BCUT2D eigenvalue weighted by atomic mass is 16.5. The van der Waals surface area contributed by atoms with Gasteiger partial charge >= 0.3 is 0 Å². The Hall–Kier alpha value is -2.02. The summed E-state index contributed by atoms with van der Waals surface area (Å²) < 4.78 is 5.62.